The monoisotopic (exact) mass is 327 g/mol. The van der Waals surface area contributed by atoms with Gasteiger partial charge in [0, 0.05) is 12.4 Å². The lowest BCUT2D eigenvalue weighted by molar-refractivity contribution is -0.146. The summed E-state index contributed by atoms with van der Waals surface area (Å²) in [6.07, 6.45) is 6.94. The number of hydrogen-bond acceptors (Lipinski definition) is 3. The van der Waals surface area contributed by atoms with E-state index in [1.54, 1.807) is 18.5 Å². The maximum absolute atomic E-state index is 12.1. The Morgan fingerprint density at radius 3 is 2.67 bits per heavy atom. The number of carbonyl (C=O) groups is 1. The van der Waals surface area contributed by atoms with Crippen LogP contribution in [0.4, 0.5) is 0 Å². The van der Waals surface area contributed by atoms with Crippen LogP contribution in [-0.2, 0) is 16.0 Å². The fourth-order valence-corrected chi connectivity index (χ4v) is 2.93. The predicted molar refractivity (Wildman–Crippen MR) is 84.1 cm³/mol. The number of pyridine rings is 1. The van der Waals surface area contributed by atoms with Crippen LogP contribution >= 0.6 is 23.2 Å². The van der Waals surface area contributed by atoms with Crippen molar-refractivity contribution in [3.05, 3.63) is 40.7 Å². The molecule has 1 aromatic heterocycles. The molecule has 1 fully saturated rings. The molecular formula is C16H19Cl2NO2. The zero-order valence-corrected chi connectivity index (χ0v) is 13.7. The van der Waals surface area contributed by atoms with Crippen molar-refractivity contribution in [2.45, 2.75) is 26.7 Å². The zero-order valence-electron chi connectivity index (χ0n) is 12.2. The van der Waals surface area contributed by atoms with Gasteiger partial charge in [0.05, 0.1) is 12.5 Å². The van der Waals surface area contributed by atoms with Gasteiger partial charge in [0.25, 0.3) is 0 Å². The van der Waals surface area contributed by atoms with Crippen LogP contribution in [0.5, 0.6) is 0 Å². The van der Waals surface area contributed by atoms with Crippen LogP contribution in [0.3, 0.4) is 0 Å². The van der Waals surface area contributed by atoms with Crippen molar-refractivity contribution in [3.63, 3.8) is 0 Å². The van der Waals surface area contributed by atoms with Gasteiger partial charge in [-0.25, -0.2) is 0 Å². The zero-order chi connectivity index (χ0) is 15.5. The lowest BCUT2D eigenvalue weighted by Gasteiger charge is -2.05. The van der Waals surface area contributed by atoms with Crippen LogP contribution in [0.25, 0.3) is 0 Å². The van der Waals surface area contributed by atoms with Crippen molar-refractivity contribution >= 4 is 29.2 Å². The molecule has 5 heteroatoms. The predicted octanol–water partition coefficient (Wildman–Crippen LogP) is 4.15. The Bertz CT molecular complexity index is 524. The minimum Gasteiger partial charge on any atom is -0.465 e. The van der Waals surface area contributed by atoms with Crippen LogP contribution in [0.15, 0.2) is 35.1 Å². The number of esters is 1. The minimum absolute atomic E-state index is 0.0650. The van der Waals surface area contributed by atoms with Gasteiger partial charge >= 0.3 is 5.97 Å². The highest BCUT2D eigenvalue weighted by molar-refractivity contribution is 6.55. The third kappa shape index (κ3) is 4.21. The molecule has 1 aliphatic rings. The summed E-state index contributed by atoms with van der Waals surface area (Å²) in [5.41, 5.74) is 1.07. The second kappa shape index (κ2) is 6.80. The summed E-state index contributed by atoms with van der Waals surface area (Å²) in [4.78, 5) is 16.0. The van der Waals surface area contributed by atoms with E-state index in [4.69, 9.17) is 27.9 Å². The summed E-state index contributed by atoms with van der Waals surface area (Å²) in [6, 6.07) is 3.93. The van der Waals surface area contributed by atoms with E-state index in [1.165, 1.54) is 5.56 Å². The Kier molecular flexibility index (Phi) is 5.28. The van der Waals surface area contributed by atoms with Crippen molar-refractivity contribution < 1.29 is 9.53 Å². The van der Waals surface area contributed by atoms with Crippen LogP contribution in [-0.4, -0.2) is 17.6 Å². The van der Waals surface area contributed by atoms with Crippen molar-refractivity contribution in [3.8, 4) is 0 Å². The van der Waals surface area contributed by atoms with E-state index < -0.39 is 0 Å². The average Bonchev–Trinajstić information content (AvgIpc) is 2.96. The number of halogens is 2. The molecule has 0 saturated heterocycles. The van der Waals surface area contributed by atoms with E-state index in [0.29, 0.717) is 6.61 Å². The van der Waals surface area contributed by atoms with Crippen LogP contribution < -0.4 is 0 Å². The molecule has 114 valence electrons. The van der Waals surface area contributed by atoms with Gasteiger partial charge in [-0.3, -0.25) is 9.78 Å². The van der Waals surface area contributed by atoms with Gasteiger partial charge in [-0.15, -0.1) is 0 Å². The van der Waals surface area contributed by atoms with Crippen LogP contribution in [0.1, 0.15) is 25.8 Å². The number of allylic oxidation sites excluding steroid dienone is 1. The standard InChI is InChI=1S/C16H19Cl2NO2/c1-16(2)12(10-13(17)18)14(16)15(20)21-9-3-4-11-5-7-19-8-6-11/h5-8,10,12,14H,3-4,9H2,1-2H3. The highest BCUT2D eigenvalue weighted by Crippen LogP contribution is 2.60. The van der Waals surface area contributed by atoms with Gasteiger partial charge in [0.1, 0.15) is 4.49 Å². The number of ether oxygens (including phenoxy) is 1. The highest BCUT2D eigenvalue weighted by atomic mass is 35.5. The van der Waals surface area contributed by atoms with E-state index >= 15 is 0 Å². The van der Waals surface area contributed by atoms with Crippen molar-refractivity contribution in [1.82, 2.24) is 4.98 Å². The van der Waals surface area contributed by atoms with E-state index in [1.807, 2.05) is 26.0 Å². The van der Waals surface area contributed by atoms with E-state index in [2.05, 4.69) is 4.98 Å². The van der Waals surface area contributed by atoms with Crippen LogP contribution in [0, 0.1) is 17.3 Å². The molecule has 1 aromatic rings. The average molecular weight is 328 g/mol. The van der Waals surface area contributed by atoms with Crippen molar-refractivity contribution in [1.29, 1.82) is 0 Å². The van der Waals surface area contributed by atoms with Gasteiger partial charge in [-0.05, 0) is 47.9 Å². The first-order valence-corrected chi connectivity index (χ1v) is 7.77. The Morgan fingerprint density at radius 1 is 1.38 bits per heavy atom. The van der Waals surface area contributed by atoms with E-state index in [-0.39, 0.29) is 27.7 Å². The lowest BCUT2D eigenvalue weighted by atomic mass is 10.1. The first-order valence-electron chi connectivity index (χ1n) is 7.01. The molecule has 1 saturated carbocycles. The molecule has 0 amide bonds. The molecule has 21 heavy (non-hydrogen) atoms. The number of aromatic nitrogens is 1. The minimum atomic E-state index is -0.162. The Morgan fingerprint density at radius 2 is 2.05 bits per heavy atom. The molecule has 0 N–H and O–H groups in total. The van der Waals surface area contributed by atoms with Gasteiger partial charge < -0.3 is 4.74 Å². The first-order chi connectivity index (χ1) is 9.93. The fourth-order valence-electron chi connectivity index (χ4n) is 2.66. The molecule has 1 heterocycles. The molecular weight excluding hydrogens is 309 g/mol. The quantitative estimate of drug-likeness (QED) is 0.582. The summed E-state index contributed by atoms with van der Waals surface area (Å²) in [7, 11) is 0. The van der Waals surface area contributed by atoms with Gasteiger partial charge in [-0.1, -0.05) is 37.0 Å². The second-order valence-corrected chi connectivity index (χ2v) is 6.92. The molecule has 0 spiro atoms. The number of carbonyl (C=O) groups excluding carboxylic acids is 1. The molecule has 2 atom stereocenters. The van der Waals surface area contributed by atoms with Crippen molar-refractivity contribution in [2.24, 2.45) is 17.3 Å². The van der Waals surface area contributed by atoms with Gasteiger partial charge in [0.15, 0.2) is 0 Å². The number of rotatable bonds is 6. The topological polar surface area (TPSA) is 39.2 Å². The highest BCUT2D eigenvalue weighted by Gasteiger charge is 2.61. The number of nitrogens with zero attached hydrogens (tertiary/aromatic N) is 1. The Balaban J connectivity index is 1.74. The fraction of sp³-hybridized carbons (Fsp3) is 0.500. The maximum Gasteiger partial charge on any atom is 0.310 e. The third-order valence-corrected chi connectivity index (χ3v) is 4.33. The molecule has 2 unspecified atom stereocenters. The molecule has 1 aliphatic carbocycles. The van der Waals surface area contributed by atoms with Gasteiger partial charge in [-0.2, -0.15) is 0 Å². The summed E-state index contributed by atoms with van der Waals surface area (Å²) in [6.45, 7) is 4.47. The third-order valence-electron chi connectivity index (χ3n) is 4.07. The Hall–Kier alpha value is -1.06. The molecule has 0 bridgehead atoms. The molecule has 0 aromatic carbocycles. The SMILES string of the molecule is CC1(C)C(C=C(Cl)Cl)C1C(=O)OCCCc1ccncc1. The smallest absolute Gasteiger partial charge is 0.310 e. The molecule has 2 rings (SSSR count). The Labute approximate surface area is 135 Å². The van der Waals surface area contributed by atoms with Crippen molar-refractivity contribution in [2.75, 3.05) is 6.61 Å². The second-order valence-electron chi connectivity index (χ2n) is 5.91. The maximum atomic E-state index is 12.1. The lowest BCUT2D eigenvalue weighted by Crippen LogP contribution is -2.12. The molecule has 0 radical (unpaired) electrons. The van der Waals surface area contributed by atoms with E-state index in [0.717, 1.165) is 12.8 Å². The summed E-state index contributed by atoms with van der Waals surface area (Å²) in [5.74, 6) is -0.244. The molecule has 3 nitrogen and oxygen atoms in total. The van der Waals surface area contributed by atoms with Gasteiger partial charge in [0.2, 0.25) is 0 Å². The summed E-state index contributed by atoms with van der Waals surface area (Å²) < 4.78 is 5.57. The number of hydrogen-bond donors (Lipinski definition) is 0. The number of aryl methyl sites for hydroxylation is 1. The first kappa shape index (κ1) is 16.3. The molecule has 0 aliphatic heterocycles. The normalized spacial score (nSPS) is 22.5. The summed E-state index contributed by atoms with van der Waals surface area (Å²) >= 11 is 11.3. The summed E-state index contributed by atoms with van der Waals surface area (Å²) in [5, 5.41) is 0. The largest absolute Gasteiger partial charge is 0.465 e. The van der Waals surface area contributed by atoms with E-state index in [9.17, 15) is 4.79 Å². The van der Waals surface area contributed by atoms with Crippen LogP contribution in [0.2, 0.25) is 0 Å².